The molecule has 0 saturated carbocycles. The first-order valence-corrected chi connectivity index (χ1v) is 10.4. The van der Waals surface area contributed by atoms with Crippen molar-refractivity contribution in [1.29, 1.82) is 0 Å². The molecule has 12 heteroatoms. The van der Waals surface area contributed by atoms with E-state index >= 15 is 0 Å². The molecule has 1 aliphatic rings. The van der Waals surface area contributed by atoms with Gasteiger partial charge in [0.2, 0.25) is 0 Å². The Hall–Kier alpha value is -3.22. The number of ketones is 2. The van der Waals surface area contributed by atoms with Gasteiger partial charge in [0.05, 0.1) is 33.0 Å². The number of rotatable bonds is 4. The van der Waals surface area contributed by atoms with Gasteiger partial charge in [-0.2, -0.15) is 0 Å². The molecule has 0 aromatic heterocycles. The summed E-state index contributed by atoms with van der Waals surface area (Å²) in [7, 11) is -5.13. The maximum atomic E-state index is 13.2. The standard InChI is InChI=1S/C21H15N3O7S.Na/c22-10-5-9(21(27)28)6-11(7-10)24-14-8-15(32(29,30)31)18(23)17-16(14)19(25)12-3-1-2-4-13(12)20(17)26;/h1-8,24H,22-23H2,(H,27,28)(H,29,30,31);/q;+1/p-1. The number of carboxylic acids is 1. The molecular formula is C21H14N3NaO7S. The van der Waals surface area contributed by atoms with Gasteiger partial charge in [-0.3, -0.25) is 9.59 Å². The largest absolute Gasteiger partial charge is 1.00 e. The molecule has 0 aliphatic heterocycles. The van der Waals surface area contributed by atoms with Gasteiger partial charge in [0.15, 0.2) is 11.6 Å². The zero-order valence-electron chi connectivity index (χ0n) is 17.1. The predicted molar refractivity (Wildman–Crippen MR) is 113 cm³/mol. The second-order valence-corrected chi connectivity index (χ2v) is 8.37. The Bertz CT molecular complexity index is 1470. The molecule has 0 heterocycles. The fraction of sp³-hybridized carbons (Fsp3) is 0. The SMILES string of the molecule is Nc1cc(Nc2cc(S(=O)(=O)[O-])c(N)c3c2C(=O)c2ccccc2C3=O)cc(C(=O)O)c1.[Na+]. The molecule has 0 amide bonds. The second kappa shape index (κ2) is 8.61. The van der Waals surface area contributed by atoms with Crippen molar-refractivity contribution < 1.29 is 62.0 Å². The minimum atomic E-state index is -5.13. The molecule has 0 unspecified atom stereocenters. The molecule has 33 heavy (non-hydrogen) atoms. The van der Waals surface area contributed by atoms with Crippen LogP contribution in [-0.4, -0.2) is 35.6 Å². The molecule has 3 aromatic rings. The van der Waals surface area contributed by atoms with E-state index in [0.29, 0.717) is 0 Å². The Morgan fingerprint density at radius 1 is 0.939 bits per heavy atom. The Balaban J connectivity index is 0.00000306. The number of nitrogen functional groups attached to an aromatic ring is 2. The van der Waals surface area contributed by atoms with Crippen LogP contribution < -0.4 is 46.3 Å². The number of hydrogen-bond donors (Lipinski definition) is 4. The van der Waals surface area contributed by atoms with Gasteiger partial charge in [0.1, 0.15) is 10.1 Å². The number of fused-ring (bicyclic) bond motifs is 2. The first kappa shape index (κ1) is 24.4. The van der Waals surface area contributed by atoms with Crippen LogP contribution in [0.5, 0.6) is 0 Å². The quantitative estimate of drug-likeness (QED) is 0.161. The van der Waals surface area contributed by atoms with Crippen LogP contribution in [0.15, 0.2) is 53.4 Å². The molecule has 0 radical (unpaired) electrons. The number of anilines is 4. The molecular weight excluding hydrogens is 461 g/mol. The number of nitrogens with one attached hydrogen (secondary N) is 1. The van der Waals surface area contributed by atoms with Crippen LogP contribution in [-0.2, 0) is 10.1 Å². The van der Waals surface area contributed by atoms with Crippen LogP contribution >= 0.6 is 0 Å². The molecule has 4 rings (SSSR count). The monoisotopic (exact) mass is 475 g/mol. The zero-order chi connectivity index (χ0) is 23.4. The average molecular weight is 475 g/mol. The van der Waals surface area contributed by atoms with Gasteiger partial charge < -0.3 is 26.4 Å². The van der Waals surface area contributed by atoms with Gasteiger partial charge in [0.25, 0.3) is 0 Å². The number of carbonyl (C=O) groups excluding carboxylic acids is 2. The summed E-state index contributed by atoms with van der Waals surface area (Å²) in [5.74, 6) is -2.62. The summed E-state index contributed by atoms with van der Waals surface area (Å²) in [5.41, 5.74) is 10.2. The van der Waals surface area contributed by atoms with Crippen molar-refractivity contribution in [2.24, 2.45) is 0 Å². The van der Waals surface area contributed by atoms with E-state index in [4.69, 9.17) is 11.5 Å². The van der Waals surface area contributed by atoms with Crippen LogP contribution in [0.2, 0.25) is 0 Å². The predicted octanol–water partition coefficient (Wildman–Crippen LogP) is -1.02. The van der Waals surface area contributed by atoms with E-state index in [9.17, 15) is 32.5 Å². The van der Waals surface area contributed by atoms with E-state index < -0.39 is 43.8 Å². The molecule has 0 saturated heterocycles. The van der Waals surface area contributed by atoms with Gasteiger partial charge in [-0.05, 0) is 24.3 Å². The first-order chi connectivity index (χ1) is 15.0. The fourth-order valence-electron chi connectivity index (χ4n) is 3.60. The molecule has 3 aromatic carbocycles. The van der Waals surface area contributed by atoms with Crippen molar-refractivity contribution in [3.8, 4) is 0 Å². The van der Waals surface area contributed by atoms with Crippen LogP contribution in [0.3, 0.4) is 0 Å². The summed E-state index contributed by atoms with van der Waals surface area (Å²) in [6.45, 7) is 0. The molecule has 0 spiro atoms. The van der Waals surface area contributed by atoms with E-state index in [1.165, 1.54) is 36.4 Å². The third kappa shape index (κ3) is 4.24. The number of carboxylic acid groups (broad SMARTS) is 1. The topological polar surface area (TPSA) is 193 Å². The van der Waals surface area contributed by atoms with Crippen LogP contribution in [0.25, 0.3) is 0 Å². The summed E-state index contributed by atoms with van der Waals surface area (Å²) in [6.07, 6.45) is 0. The van der Waals surface area contributed by atoms with Crippen molar-refractivity contribution >= 4 is 50.4 Å². The van der Waals surface area contributed by atoms with E-state index in [-0.39, 0.29) is 68.9 Å². The van der Waals surface area contributed by atoms with Gasteiger partial charge in [-0.1, -0.05) is 24.3 Å². The minimum Gasteiger partial charge on any atom is -0.744 e. The molecule has 6 N–H and O–H groups in total. The van der Waals surface area contributed by atoms with Gasteiger partial charge in [-0.25, -0.2) is 13.2 Å². The van der Waals surface area contributed by atoms with Crippen molar-refractivity contribution in [3.63, 3.8) is 0 Å². The number of hydrogen-bond acceptors (Lipinski definition) is 9. The molecule has 0 fully saturated rings. The maximum Gasteiger partial charge on any atom is 1.00 e. The molecule has 0 atom stereocenters. The first-order valence-electron chi connectivity index (χ1n) is 9.00. The second-order valence-electron chi connectivity index (χ2n) is 7.02. The van der Waals surface area contributed by atoms with E-state index in [0.717, 1.165) is 6.07 Å². The van der Waals surface area contributed by atoms with Crippen molar-refractivity contribution in [3.05, 3.63) is 76.3 Å². The smallest absolute Gasteiger partial charge is 0.744 e. The van der Waals surface area contributed by atoms with Crippen molar-refractivity contribution in [2.45, 2.75) is 4.90 Å². The van der Waals surface area contributed by atoms with Gasteiger partial charge >= 0.3 is 35.5 Å². The number of nitrogens with two attached hydrogens (primary N) is 2. The fourth-order valence-corrected chi connectivity index (χ4v) is 4.24. The molecule has 0 bridgehead atoms. The minimum absolute atomic E-state index is 0. The Morgan fingerprint density at radius 3 is 2.06 bits per heavy atom. The van der Waals surface area contributed by atoms with E-state index in [1.54, 1.807) is 6.07 Å². The van der Waals surface area contributed by atoms with E-state index in [2.05, 4.69) is 5.32 Å². The summed E-state index contributed by atoms with van der Waals surface area (Å²) < 4.78 is 35.5. The third-order valence-electron chi connectivity index (χ3n) is 4.95. The zero-order valence-corrected chi connectivity index (χ0v) is 19.9. The number of carbonyl (C=O) groups is 3. The van der Waals surface area contributed by atoms with Gasteiger partial charge in [0, 0.05) is 22.5 Å². The van der Waals surface area contributed by atoms with Crippen LogP contribution in [0.1, 0.15) is 42.2 Å². The van der Waals surface area contributed by atoms with Crippen LogP contribution in [0, 0.1) is 0 Å². The Labute approximate surface area is 209 Å². The summed E-state index contributed by atoms with van der Waals surface area (Å²) in [6, 6.07) is 10.5. The van der Waals surface area contributed by atoms with E-state index in [1.807, 2.05) is 0 Å². The molecule has 10 nitrogen and oxygen atoms in total. The Kier molecular flexibility index (Phi) is 6.37. The van der Waals surface area contributed by atoms with Crippen molar-refractivity contribution in [1.82, 2.24) is 0 Å². The normalized spacial score (nSPS) is 12.4. The molecule has 1 aliphatic carbocycles. The van der Waals surface area contributed by atoms with Crippen molar-refractivity contribution in [2.75, 3.05) is 16.8 Å². The molecule has 162 valence electrons. The number of aromatic carboxylic acids is 1. The summed E-state index contributed by atoms with van der Waals surface area (Å²) >= 11 is 0. The maximum absolute atomic E-state index is 13.2. The third-order valence-corrected chi connectivity index (χ3v) is 5.83. The summed E-state index contributed by atoms with van der Waals surface area (Å²) in [4.78, 5) is 36.8. The average Bonchev–Trinajstić information content (AvgIpc) is 2.71. The summed E-state index contributed by atoms with van der Waals surface area (Å²) in [5, 5.41) is 12.0. The van der Waals surface area contributed by atoms with Gasteiger partial charge in [-0.15, -0.1) is 0 Å². The number of benzene rings is 3. The van der Waals surface area contributed by atoms with Crippen LogP contribution in [0.4, 0.5) is 22.7 Å². The Morgan fingerprint density at radius 2 is 1.52 bits per heavy atom.